The first-order valence-electron chi connectivity index (χ1n) is 6.28. The lowest BCUT2D eigenvalue weighted by molar-refractivity contribution is 0.0690. The molecule has 0 radical (unpaired) electrons. The molecule has 2 rings (SSSR count). The van der Waals surface area contributed by atoms with Gasteiger partial charge in [-0.25, -0.2) is 9.18 Å². The van der Waals surface area contributed by atoms with E-state index in [-0.39, 0.29) is 11.5 Å². The van der Waals surface area contributed by atoms with Gasteiger partial charge < -0.3 is 10.0 Å². The van der Waals surface area contributed by atoms with Gasteiger partial charge in [-0.05, 0) is 38.1 Å². The molecule has 0 aliphatic heterocycles. The normalized spacial score (nSPS) is 10.6. The Morgan fingerprint density at radius 3 is 2.35 bits per heavy atom. The number of benzene rings is 1. The van der Waals surface area contributed by atoms with Crippen LogP contribution in [0.4, 0.5) is 10.2 Å². The van der Waals surface area contributed by atoms with Gasteiger partial charge in [-0.2, -0.15) is 0 Å². The summed E-state index contributed by atoms with van der Waals surface area (Å²) >= 11 is 0. The van der Waals surface area contributed by atoms with E-state index in [1.807, 2.05) is 13.8 Å². The summed E-state index contributed by atoms with van der Waals surface area (Å²) in [6.45, 7) is 5.07. The van der Waals surface area contributed by atoms with E-state index >= 15 is 0 Å². The third kappa shape index (κ3) is 2.61. The molecule has 0 unspecified atom stereocenters. The Labute approximate surface area is 115 Å². The number of nitrogens with zero attached hydrogens (tertiary/aromatic N) is 4. The van der Waals surface area contributed by atoms with E-state index in [2.05, 4.69) is 10.2 Å². The average Bonchev–Trinajstić information content (AvgIpc) is 2.86. The van der Waals surface area contributed by atoms with Gasteiger partial charge in [-0.1, -0.05) is 0 Å². The molecule has 0 spiro atoms. The van der Waals surface area contributed by atoms with Crippen LogP contribution in [0.25, 0.3) is 5.69 Å². The number of hydrogen-bond acceptors (Lipinski definition) is 4. The number of hydrogen-bond donors (Lipinski definition) is 1. The Morgan fingerprint density at radius 1 is 1.25 bits per heavy atom. The molecular weight excluding hydrogens is 263 g/mol. The van der Waals surface area contributed by atoms with E-state index in [1.165, 1.54) is 29.1 Å². The average molecular weight is 278 g/mol. The van der Waals surface area contributed by atoms with E-state index in [4.69, 9.17) is 0 Å². The molecule has 0 atom stereocenters. The SMILES string of the molecule is CCN(CC)c1nn(-c2ccc(F)cc2)nc1C(=O)O. The summed E-state index contributed by atoms with van der Waals surface area (Å²) < 4.78 is 12.9. The lowest BCUT2D eigenvalue weighted by atomic mass is 10.3. The van der Waals surface area contributed by atoms with Crippen molar-refractivity contribution in [1.29, 1.82) is 0 Å². The van der Waals surface area contributed by atoms with Gasteiger partial charge in [0.1, 0.15) is 5.82 Å². The number of anilines is 1. The summed E-state index contributed by atoms with van der Waals surface area (Å²) in [7, 11) is 0. The minimum atomic E-state index is -1.14. The van der Waals surface area contributed by atoms with Gasteiger partial charge in [-0.15, -0.1) is 15.0 Å². The second kappa shape index (κ2) is 5.68. The second-order valence-electron chi connectivity index (χ2n) is 4.12. The molecule has 0 fully saturated rings. The predicted molar refractivity (Wildman–Crippen MR) is 71.8 cm³/mol. The third-order valence-corrected chi connectivity index (χ3v) is 2.92. The van der Waals surface area contributed by atoms with Gasteiger partial charge in [0.05, 0.1) is 5.69 Å². The van der Waals surface area contributed by atoms with Crippen LogP contribution in [0.15, 0.2) is 24.3 Å². The van der Waals surface area contributed by atoms with Crippen LogP contribution in [0.2, 0.25) is 0 Å². The maximum Gasteiger partial charge on any atom is 0.360 e. The molecule has 0 amide bonds. The van der Waals surface area contributed by atoms with Gasteiger partial charge in [0.25, 0.3) is 0 Å². The smallest absolute Gasteiger partial charge is 0.360 e. The Balaban J connectivity index is 2.48. The van der Waals surface area contributed by atoms with Gasteiger partial charge in [0.2, 0.25) is 5.69 Å². The summed E-state index contributed by atoms with van der Waals surface area (Å²) in [5, 5.41) is 17.4. The van der Waals surface area contributed by atoms with E-state index in [9.17, 15) is 14.3 Å². The molecule has 6 nitrogen and oxygen atoms in total. The predicted octanol–water partition coefficient (Wildman–Crippen LogP) is 1.95. The van der Waals surface area contributed by atoms with Crippen LogP contribution in [0.1, 0.15) is 24.3 Å². The second-order valence-corrected chi connectivity index (χ2v) is 4.12. The van der Waals surface area contributed by atoms with Crippen molar-refractivity contribution in [3.63, 3.8) is 0 Å². The van der Waals surface area contributed by atoms with Crippen molar-refractivity contribution in [3.05, 3.63) is 35.8 Å². The Hall–Kier alpha value is -2.44. The molecule has 2 aromatic rings. The van der Waals surface area contributed by atoms with Crippen molar-refractivity contribution in [1.82, 2.24) is 15.0 Å². The van der Waals surface area contributed by atoms with Crippen LogP contribution in [-0.2, 0) is 0 Å². The Kier molecular flexibility index (Phi) is 3.97. The molecule has 0 aliphatic carbocycles. The lowest BCUT2D eigenvalue weighted by Gasteiger charge is -2.17. The van der Waals surface area contributed by atoms with Crippen LogP contribution in [-0.4, -0.2) is 39.2 Å². The first kappa shape index (κ1) is 14.0. The van der Waals surface area contributed by atoms with Crippen LogP contribution in [0.5, 0.6) is 0 Å². The number of carboxylic acids is 1. The van der Waals surface area contributed by atoms with Crippen molar-refractivity contribution in [3.8, 4) is 5.69 Å². The molecule has 106 valence electrons. The van der Waals surface area contributed by atoms with Crippen LogP contribution in [0, 0.1) is 5.82 Å². The molecule has 1 aromatic heterocycles. The van der Waals surface area contributed by atoms with Crippen LogP contribution < -0.4 is 4.90 Å². The maximum atomic E-state index is 12.9. The largest absolute Gasteiger partial charge is 0.476 e. The fourth-order valence-corrected chi connectivity index (χ4v) is 1.86. The van der Waals surface area contributed by atoms with Gasteiger partial charge in [0.15, 0.2) is 5.82 Å². The molecule has 20 heavy (non-hydrogen) atoms. The molecule has 0 saturated carbocycles. The number of aromatic carboxylic acids is 1. The van der Waals surface area contributed by atoms with E-state index in [0.29, 0.717) is 24.6 Å². The number of carboxylic acid groups (broad SMARTS) is 1. The molecule has 1 aromatic carbocycles. The zero-order valence-electron chi connectivity index (χ0n) is 11.2. The topological polar surface area (TPSA) is 71.2 Å². The molecule has 0 aliphatic rings. The van der Waals surface area contributed by atoms with Crippen molar-refractivity contribution >= 4 is 11.8 Å². The minimum Gasteiger partial charge on any atom is -0.476 e. The fraction of sp³-hybridized carbons (Fsp3) is 0.308. The van der Waals surface area contributed by atoms with Crippen molar-refractivity contribution < 1.29 is 14.3 Å². The number of aromatic nitrogens is 3. The molecule has 1 heterocycles. The molecule has 0 bridgehead atoms. The van der Waals surface area contributed by atoms with Gasteiger partial charge >= 0.3 is 5.97 Å². The highest BCUT2D eigenvalue weighted by Crippen LogP contribution is 2.18. The molecule has 1 N–H and O–H groups in total. The number of rotatable bonds is 5. The van der Waals surface area contributed by atoms with Crippen molar-refractivity contribution in [2.45, 2.75) is 13.8 Å². The van der Waals surface area contributed by atoms with E-state index in [0.717, 1.165) is 0 Å². The summed E-state index contributed by atoms with van der Waals surface area (Å²) in [5.74, 6) is -1.20. The minimum absolute atomic E-state index is 0.113. The van der Waals surface area contributed by atoms with Crippen LogP contribution >= 0.6 is 0 Å². The zero-order chi connectivity index (χ0) is 14.7. The standard InChI is InChI=1S/C13H15FN4O2/c1-3-17(4-2)12-11(13(19)20)15-18(16-12)10-7-5-9(14)6-8-10/h5-8H,3-4H2,1-2H3,(H,19,20). The Morgan fingerprint density at radius 2 is 1.85 bits per heavy atom. The van der Waals surface area contributed by atoms with E-state index < -0.39 is 5.97 Å². The first-order valence-corrected chi connectivity index (χ1v) is 6.28. The summed E-state index contributed by atoms with van der Waals surface area (Å²) in [5.41, 5.74) is 0.394. The highest BCUT2D eigenvalue weighted by Gasteiger charge is 2.22. The molecule has 0 saturated heterocycles. The number of halogens is 1. The third-order valence-electron chi connectivity index (χ3n) is 2.92. The molecular formula is C13H15FN4O2. The summed E-state index contributed by atoms with van der Waals surface area (Å²) in [4.78, 5) is 14.3. The Bertz CT molecular complexity index is 605. The van der Waals surface area contributed by atoms with Gasteiger partial charge in [0, 0.05) is 13.1 Å². The monoisotopic (exact) mass is 278 g/mol. The van der Waals surface area contributed by atoms with Crippen molar-refractivity contribution in [2.24, 2.45) is 0 Å². The summed E-state index contributed by atoms with van der Waals surface area (Å²) in [6, 6.07) is 5.53. The first-order chi connectivity index (χ1) is 9.56. The highest BCUT2D eigenvalue weighted by atomic mass is 19.1. The maximum absolute atomic E-state index is 12.9. The van der Waals surface area contributed by atoms with E-state index in [1.54, 1.807) is 4.90 Å². The van der Waals surface area contributed by atoms with Crippen molar-refractivity contribution in [2.75, 3.05) is 18.0 Å². The van der Waals surface area contributed by atoms with Crippen LogP contribution in [0.3, 0.4) is 0 Å². The highest BCUT2D eigenvalue weighted by molar-refractivity contribution is 5.91. The number of carbonyl (C=O) groups is 1. The van der Waals surface area contributed by atoms with Gasteiger partial charge in [-0.3, -0.25) is 0 Å². The quantitative estimate of drug-likeness (QED) is 0.905. The zero-order valence-corrected chi connectivity index (χ0v) is 11.2. The summed E-state index contributed by atoms with van der Waals surface area (Å²) in [6.07, 6.45) is 0. The lowest BCUT2D eigenvalue weighted by Crippen LogP contribution is -2.24. The molecule has 7 heteroatoms. The fourth-order valence-electron chi connectivity index (χ4n) is 1.86.